The van der Waals surface area contributed by atoms with Crippen molar-refractivity contribution >= 4 is 17.6 Å². The maximum Gasteiger partial charge on any atom is 0.338 e. The summed E-state index contributed by atoms with van der Waals surface area (Å²) in [4.78, 5) is 23.6. The van der Waals surface area contributed by atoms with Crippen LogP contribution in [0, 0.1) is 5.82 Å². The zero-order valence-corrected chi connectivity index (χ0v) is 14.2. The standard InChI is InChI=1S/C19H20FNO4/c1-3-25-19(23)14-6-8-15(9-7-14)21-18(22)11-5-13-4-10-17(24-2)16(20)12-13/h4,6-10,12H,3,5,11H2,1-2H3,(H,21,22). The average molecular weight is 345 g/mol. The van der Waals surface area contributed by atoms with E-state index in [-0.39, 0.29) is 18.1 Å². The molecule has 25 heavy (non-hydrogen) atoms. The molecule has 2 rings (SSSR count). The van der Waals surface area contributed by atoms with Gasteiger partial charge in [0, 0.05) is 12.1 Å². The summed E-state index contributed by atoms with van der Waals surface area (Å²) in [7, 11) is 1.40. The number of hydrogen-bond donors (Lipinski definition) is 1. The number of amides is 1. The fourth-order valence-electron chi connectivity index (χ4n) is 2.25. The van der Waals surface area contributed by atoms with Crippen LogP contribution in [-0.2, 0) is 16.0 Å². The van der Waals surface area contributed by atoms with Crippen LogP contribution in [0.3, 0.4) is 0 Å². The van der Waals surface area contributed by atoms with Crippen molar-refractivity contribution in [2.45, 2.75) is 19.8 Å². The number of anilines is 1. The van der Waals surface area contributed by atoms with Crippen LogP contribution in [0.4, 0.5) is 10.1 Å². The summed E-state index contributed by atoms with van der Waals surface area (Å²) in [6, 6.07) is 11.1. The summed E-state index contributed by atoms with van der Waals surface area (Å²) in [5.41, 5.74) is 1.72. The van der Waals surface area contributed by atoms with Gasteiger partial charge in [-0.25, -0.2) is 9.18 Å². The van der Waals surface area contributed by atoms with Crippen molar-refractivity contribution < 1.29 is 23.5 Å². The molecule has 0 aliphatic heterocycles. The highest BCUT2D eigenvalue weighted by atomic mass is 19.1. The zero-order chi connectivity index (χ0) is 18.2. The van der Waals surface area contributed by atoms with Gasteiger partial charge in [-0.3, -0.25) is 4.79 Å². The summed E-state index contributed by atoms with van der Waals surface area (Å²) in [5.74, 6) is -0.869. The first-order valence-electron chi connectivity index (χ1n) is 7.93. The third-order valence-electron chi connectivity index (χ3n) is 3.54. The van der Waals surface area contributed by atoms with Crippen molar-refractivity contribution in [1.29, 1.82) is 0 Å². The van der Waals surface area contributed by atoms with Crippen LogP contribution in [0.5, 0.6) is 5.75 Å². The Morgan fingerprint density at radius 1 is 1.12 bits per heavy atom. The van der Waals surface area contributed by atoms with E-state index >= 15 is 0 Å². The second-order valence-corrected chi connectivity index (χ2v) is 5.31. The van der Waals surface area contributed by atoms with E-state index in [4.69, 9.17) is 9.47 Å². The summed E-state index contributed by atoms with van der Waals surface area (Å²) in [5, 5.41) is 2.74. The number of nitrogens with one attached hydrogen (secondary N) is 1. The minimum atomic E-state index is -0.449. The van der Waals surface area contributed by atoms with Crippen LogP contribution in [0.1, 0.15) is 29.3 Å². The first kappa shape index (κ1) is 18.4. The summed E-state index contributed by atoms with van der Waals surface area (Å²) >= 11 is 0. The number of ether oxygens (including phenoxy) is 2. The maximum absolute atomic E-state index is 13.6. The highest BCUT2D eigenvalue weighted by Gasteiger charge is 2.09. The smallest absolute Gasteiger partial charge is 0.338 e. The summed E-state index contributed by atoms with van der Waals surface area (Å²) in [6.07, 6.45) is 0.624. The van der Waals surface area contributed by atoms with Gasteiger partial charge >= 0.3 is 5.97 Å². The first-order valence-corrected chi connectivity index (χ1v) is 7.93. The molecule has 1 N–H and O–H groups in total. The monoisotopic (exact) mass is 345 g/mol. The lowest BCUT2D eigenvalue weighted by Crippen LogP contribution is -2.12. The molecule has 0 bridgehead atoms. The van der Waals surface area contributed by atoms with Crippen molar-refractivity contribution in [3.63, 3.8) is 0 Å². The average Bonchev–Trinajstić information content (AvgIpc) is 2.61. The third kappa shape index (κ3) is 5.31. The molecule has 0 fully saturated rings. The van der Waals surface area contributed by atoms with Crippen LogP contribution >= 0.6 is 0 Å². The lowest BCUT2D eigenvalue weighted by Gasteiger charge is -2.07. The van der Waals surface area contributed by atoms with Crippen molar-refractivity contribution in [2.24, 2.45) is 0 Å². The zero-order valence-electron chi connectivity index (χ0n) is 14.2. The second-order valence-electron chi connectivity index (χ2n) is 5.31. The molecule has 2 aromatic rings. The molecule has 1 amide bonds. The Bertz CT molecular complexity index is 744. The first-order chi connectivity index (χ1) is 12.0. The molecule has 5 nitrogen and oxygen atoms in total. The number of rotatable bonds is 7. The number of hydrogen-bond acceptors (Lipinski definition) is 4. The van der Waals surface area contributed by atoms with Gasteiger partial charge in [0.1, 0.15) is 0 Å². The molecule has 0 saturated heterocycles. The minimum Gasteiger partial charge on any atom is -0.494 e. The number of halogens is 1. The topological polar surface area (TPSA) is 64.6 Å². The van der Waals surface area contributed by atoms with Crippen LogP contribution in [0.2, 0.25) is 0 Å². The molecule has 6 heteroatoms. The van der Waals surface area contributed by atoms with Crippen molar-refractivity contribution in [3.8, 4) is 5.75 Å². The SMILES string of the molecule is CCOC(=O)c1ccc(NC(=O)CCc2ccc(OC)c(F)c2)cc1. The molecule has 2 aromatic carbocycles. The van der Waals surface area contributed by atoms with Crippen molar-refractivity contribution in [1.82, 2.24) is 0 Å². The summed E-state index contributed by atoms with van der Waals surface area (Å²) < 4.78 is 23.4. The van der Waals surface area contributed by atoms with E-state index in [9.17, 15) is 14.0 Å². The normalized spacial score (nSPS) is 10.2. The minimum absolute atomic E-state index is 0.176. The Morgan fingerprint density at radius 3 is 2.44 bits per heavy atom. The van der Waals surface area contributed by atoms with Gasteiger partial charge < -0.3 is 14.8 Å². The Morgan fingerprint density at radius 2 is 1.84 bits per heavy atom. The highest BCUT2D eigenvalue weighted by Crippen LogP contribution is 2.19. The maximum atomic E-state index is 13.6. The lowest BCUT2D eigenvalue weighted by molar-refractivity contribution is -0.116. The largest absolute Gasteiger partial charge is 0.494 e. The molecule has 132 valence electrons. The molecule has 0 unspecified atom stereocenters. The van der Waals surface area contributed by atoms with Gasteiger partial charge in [-0.2, -0.15) is 0 Å². The van der Waals surface area contributed by atoms with Gasteiger partial charge in [0.2, 0.25) is 5.91 Å². The molecular formula is C19H20FNO4. The quantitative estimate of drug-likeness (QED) is 0.779. The van der Waals surface area contributed by atoms with E-state index in [0.717, 1.165) is 0 Å². The van der Waals surface area contributed by atoms with E-state index in [1.165, 1.54) is 19.2 Å². The number of esters is 1. The second kappa shape index (κ2) is 8.82. The molecule has 0 saturated carbocycles. The van der Waals surface area contributed by atoms with Gasteiger partial charge in [-0.05, 0) is 55.3 Å². The van der Waals surface area contributed by atoms with Gasteiger partial charge in [0.15, 0.2) is 11.6 Å². The van der Waals surface area contributed by atoms with Crippen LogP contribution in [0.15, 0.2) is 42.5 Å². The molecule has 0 spiro atoms. The number of carbonyl (C=O) groups is 2. The van der Waals surface area contributed by atoms with Gasteiger partial charge in [-0.1, -0.05) is 6.07 Å². The fourth-order valence-corrected chi connectivity index (χ4v) is 2.25. The molecule has 0 aliphatic carbocycles. The van der Waals surface area contributed by atoms with Crippen LogP contribution in [-0.4, -0.2) is 25.6 Å². The van der Waals surface area contributed by atoms with Crippen LogP contribution in [0.25, 0.3) is 0 Å². The van der Waals surface area contributed by atoms with E-state index < -0.39 is 11.8 Å². The number of methoxy groups -OCH3 is 1. The predicted octanol–water partition coefficient (Wildman–Crippen LogP) is 3.58. The van der Waals surface area contributed by atoms with Gasteiger partial charge in [-0.15, -0.1) is 0 Å². The fraction of sp³-hybridized carbons (Fsp3) is 0.263. The number of carbonyl (C=O) groups excluding carboxylic acids is 2. The van der Waals surface area contributed by atoms with E-state index in [1.54, 1.807) is 37.3 Å². The van der Waals surface area contributed by atoms with Crippen LogP contribution < -0.4 is 10.1 Å². The molecule has 0 aromatic heterocycles. The Kier molecular flexibility index (Phi) is 6.51. The Labute approximate surface area is 145 Å². The molecule has 0 heterocycles. The molecule has 0 atom stereocenters. The molecule has 0 radical (unpaired) electrons. The molecular weight excluding hydrogens is 325 g/mol. The van der Waals surface area contributed by atoms with E-state index in [0.29, 0.717) is 29.8 Å². The highest BCUT2D eigenvalue weighted by molar-refractivity contribution is 5.93. The Balaban J connectivity index is 1.87. The Hall–Kier alpha value is -2.89. The number of benzene rings is 2. The van der Waals surface area contributed by atoms with E-state index in [2.05, 4.69) is 5.32 Å². The van der Waals surface area contributed by atoms with Gasteiger partial charge in [0.05, 0.1) is 19.3 Å². The third-order valence-corrected chi connectivity index (χ3v) is 3.54. The lowest BCUT2D eigenvalue weighted by atomic mass is 10.1. The number of aryl methyl sites for hydroxylation is 1. The van der Waals surface area contributed by atoms with Crippen molar-refractivity contribution in [3.05, 3.63) is 59.4 Å². The molecule has 0 aliphatic rings. The summed E-state index contributed by atoms with van der Waals surface area (Å²) in [6.45, 7) is 2.05. The predicted molar refractivity (Wildman–Crippen MR) is 92.3 cm³/mol. The van der Waals surface area contributed by atoms with Gasteiger partial charge in [0.25, 0.3) is 0 Å². The van der Waals surface area contributed by atoms with Crippen molar-refractivity contribution in [2.75, 3.05) is 19.0 Å². The van der Waals surface area contributed by atoms with E-state index in [1.807, 2.05) is 0 Å².